The van der Waals surface area contributed by atoms with Gasteiger partial charge < -0.3 is 15.4 Å². The fraction of sp³-hybridized carbons (Fsp3) is 0.810. The van der Waals surface area contributed by atoms with Crippen molar-refractivity contribution in [2.45, 2.75) is 63.8 Å². The van der Waals surface area contributed by atoms with Gasteiger partial charge in [0.2, 0.25) is 5.91 Å². The van der Waals surface area contributed by atoms with Crippen LogP contribution in [0.1, 0.15) is 58.3 Å². The first-order valence-electron chi connectivity index (χ1n) is 10.5. The van der Waals surface area contributed by atoms with Crippen LogP contribution in [0.15, 0.2) is 0 Å². The van der Waals surface area contributed by atoms with Crippen molar-refractivity contribution in [3.05, 3.63) is 0 Å². The first-order valence-corrected chi connectivity index (χ1v) is 10.5. The molecule has 5 rings (SSSR count). The molecule has 1 atom stereocenters. The molecule has 5 aliphatic rings. The molecule has 0 saturated heterocycles. The monoisotopic (exact) mass is 387 g/mol. The molecule has 28 heavy (non-hydrogen) atoms. The second kappa shape index (κ2) is 7.06. The van der Waals surface area contributed by atoms with Gasteiger partial charge in [0.05, 0.1) is 6.07 Å². The number of nitriles is 1. The van der Waals surface area contributed by atoms with Crippen LogP contribution in [0.25, 0.3) is 0 Å². The predicted molar refractivity (Wildman–Crippen MR) is 99.5 cm³/mol. The Morgan fingerprint density at radius 1 is 1.11 bits per heavy atom. The molecule has 0 radical (unpaired) electrons. The molecule has 0 aromatic carbocycles. The Morgan fingerprint density at radius 3 is 2.18 bits per heavy atom. The van der Waals surface area contributed by atoms with Crippen LogP contribution in [0.2, 0.25) is 0 Å². The van der Waals surface area contributed by atoms with Crippen molar-refractivity contribution in [2.24, 2.45) is 29.1 Å². The van der Waals surface area contributed by atoms with E-state index in [0.717, 1.165) is 32.1 Å². The standard InChI is InChI=1S/C21H29N3O4/c1-20(12-22,16-2-3-16)24-17(25)11-28-18(26)10-23-19(27)21-7-13-4-14(8-21)6-15(5-13)9-21/h13-16H,2-11H2,1H3,(H,23,27)(H,24,25)/t13?,14?,15?,20-,21?/m0/s1. The Balaban J connectivity index is 1.21. The number of rotatable bonds is 7. The summed E-state index contributed by atoms with van der Waals surface area (Å²) in [5.41, 5.74) is -1.21. The first-order chi connectivity index (χ1) is 13.3. The van der Waals surface area contributed by atoms with Crippen LogP contribution in [0.4, 0.5) is 0 Å². The zero-order valence-electron chi connectivity index (χ0n) is 16.5. The second-order valence-corrected chi connectivity index (χ2v) is 9.68. The molecule has 0 aromatic heterocycles. The van der Waals surface area contributed by atoms with Gasteiger partial charge in [0.1, 0.15) is 12.1 Å². The molecule has 5 fully saturated rings. The van der Waals surface area contributed by atoms with Crippen molar-refractivity contribution in [2.75, 3.05) is 13.2 Å². The number of esters is 1. The largest absolute Gasteiger partial charge is 0.454 e. The summed E-state index contributed by atoms with van der Waals surface area (Å²) in [6.07, 6.45) is 8.42. The Kier molecular flexibility index (Phi) is 4.84. The minimum absolute atomic E-state index is 0.0289. The molecule has 7 nitrogen and oxygen atoms in total. The van der Waals surface area contributed by atoms with Crippen LogP contribution in [-0.2, 0) is 19.1 Å². The van der Waals surface area contributed by atoms with E-state index in [-0.39, 0.29) is 23.8 Å². The molecule has 5 aliphatic carbocycles. The van der Waals surface area contributed by atoms with E-state index in [0.29, 0.717) is 17.8 Å². The number of carbonyl (C=O) groups is 3. The second-order valence-electron chi connectivity index (χ2n) is 9.68. The van der Waals surface area contributed by atoms with Gasteiger partial charge in [-0.1, -0.05) is 0 Å². The maximum absolute atomic E-state index is 12.8. The topological polar surface area (TPSA) is 108 Å². The molecular weight excluding hydrogens is 358 g/mol. The Morgan fingerprint density at radius 2 is 1.68 bits per heavy atom. The SMILES string of the molecule is C[C@@](C#N)(NC(=O)COC(=O)CNC(=O)C12CC3CC(CC(C3)C1)C2)C1CC1. The van der Waals surface area contributed by atoms with E-state index in [9.17, 15) is 19.6 Å². The zero-order valence-corrected chi connectivity index (χ0v) is 16.5. The van der Waals surface area contributed by atoms with Gasteiger partial charge in [0.25, 0.3) is 5.91 Å². The van der Waals surface area contributed by atoms with Gasteiger partial charge >= 0.3 is 5.97 Å². The van der Waals surface area contributed by atoms with Crippen molar-refractivity contribution >= 4 is 17.8 Å². The fourth-order valence-electron chi connectivity index (χ4n) is 6.13. The first kappa shape index (κ1) is 19.2. The lowest BCUT2D eigenvalue weighted by Crippen LogP contribution is -2.54. The number of carbonyl (C=O) groups excluding carboxylic acids is 3. The maximum Gasteiger partial charge on any atom is 0.325 e. The minimum Gasteiger partial charge on any atom is -0.454 e. The van der Waals surface area contributed by atoms with Crippen molar-refractivity contribution in [1.29, 1.82) is 5.26 Å². The summed E-state index contributed by atoms with van der Waals surface area (Å²) in [5.74, 6) is 1.00. The van der Waals surface area contributed by atoms with Crippen molar-refractivity contribution in [3.63, 3.8) is 0 Å². The van der Waals surface area contributed by atoms with Crippen LogP contribution in [0, 0.1) is 40.4 Å². The highest BCUT2D eigenvalue weighted by Crippen LogP contribution is 2.60. The number of amides is 2. The summed E-state index contributed by atoms with van der Waals surface area (Å²) in [4.78, 5) is 36.8. The van der Waals surface area contributed by atoms with Gasteiger partial charge in [0.15, 0.2) is 6.61 Å². The van der Waals surface area contributed by atoms with Crippen molar-refractivity contribution in [1.82, 2.24) is 10.6 Å². The Hall–Kier alpha value is -2.10. The van der Waals surface area contributed by atoms with E-state index in [1.807, 2.05) is 0 Å². The predicted octanol–water partition coefficient (Wildman–Crippen LogP) is 1.67. The van der Waals surface area contributed by atoms with Gasteiger partial charge in [0, 0.05) is 5.41 Å². The summed E-state index contributed by atoms with van der Waals surface area (Å²) in [6.45, 7) is 1.04. The average Bonchev–Trinajstić information content (AvgIpc) is 3.49. The third-order valence-corrected chi connectivity index (χ3v) is 7.30. The smallest absolute Gasteiger partial charge is 0.325 e. The molecule has 5 saturated carbocycles. The number of hydrogen-bond acceptors (Lipinski definition) is 5. The molecular formula is C21H29N3O4. The van der Waals surface area contributed by atoms with E-state index in [1.165, 1.54) is 19.3 Å². The van der Waals surface area contributed by atoms with Crippen LogP contribution in [0.5, 0.6) is 0 Å². The Bertz CT molecular complexity index is 688. The molecule has 152 valence electrons. The van der Waals surface area contributed by atoms with Gasteiger partial charge in [-0.3, -0.25) is 14.4 Å². The Labute approximate surface area is 165 Å². The average molecular weight is 387 g/mol. The van der Waals surface area contributed by atoms with Gasteiger partial charge in [-0.25, -0.2) is 0 Å². The number of hydrogen-bond donors (Lipinski definition) is 2. The molecule has 0 unspecified atom stereocenters. The maximum atomic E-state index is 12.8. The van der Waals surface area contributed by atoms with Gasteiger partial charge in [-0.2, -0.15) is 5.26 Å². The molecule has 0 aliphatic heterocycles. The molecule has 2 N–H and O–H groups in total. The molecule has 0 heterocycles. The van der Waals surface area contributed by atoms with Gasteiger partial charge in [-0.05, 0) is 82.0 Å². The van der Waals surface area contributed by atoms with E-state index in [2.05, 4.69) is 16.7 Å². The van der Waals surface area contributed by atoms with Crippen molar-refractivity contribution < 1.29 is 19.1 Å². The van der Waals surface area contributed by atoms with Gasteiger partial charge in [-0.15, -0.1) is 0 Å². The van der Waals surface area contributed by atoms with E-state index < -0.39 is 24.0 Å². The summed E-state index contributed by atoms with van der Waals surface area (Å²) in [5, 5.41) is 14.7. The molecule has 0 aromatic rings. The minimum atomic E-state index is -0.907. The fourth-order valence-corrected chi connectivity index (χ4v) is 6.13. The molecule has 2 amide bonds. The number of ether oxygens (including phenoxy) is 1. The number of nitrogens with zero attached hydrogens (tertiary/aromatic N) is 1. The summed E-state index contributed by atoms with van der Waals surface area (Å²) < 4.78 is 4.99. The summed E-state index contributed by atoms with van der Waals surface area (Å²) in [6, 6.07) is 2.13. The zero-order chi connectivity index (χ0) is 19.9. The van der Waals surface area contributed by atoms with E-state index in [4.69, 9.17) is 4.74 Å². The highest BCUT2D eigenvalue weighted by Gasteiger charge is 2.54. The third kappa shape index (κ3) is 3.74. The lowest BCUT2D eigenvalue weighted by molar-refractivity contribution is -0.152. The molecule has 0 spiro atoms. The highest BCUT2D eigenvalue weighted by molar-refractivity contribution is 5.87. The number of nitrogens with one attached hydrogen (secondary N) is 2. The normalized spacial score (nSPS) is 34.8. The lowest BCUT2D eigenvalue weighted by Gasteiger charge is -2.55. The summed E-state index contributed by atoms with van der Waals surface area (Å²) in [7, 11) is 0. The van der Waals surface area contributed by atoms with Crippen LogP contribution in [0.3, 0.4) is 0 Å². The van der Waals surface area contributed by atoms with E-state index in [1.54, 1.807) is 6.92 Å². The van der Waals surface area contributed by atoms with Crippen molar-refractivity contribution in [3.8, 4) is 6.07 Å². The quantitative estimate of drug-likeness (QED) is 0.646. The molecule has 4 bridgehead atoms. The van der Waals surface area contributed by atoms with Crippen LogP contribution in [-0.4, -0.2) is 36.5 Å². The van der Waals surface area contributed by atoms with E-state index >= 15 is 0 Å². The summed E-state index contributed by atoms with van der Waals surface area (Å²) >= 11 is 0. The van der Waals surface area contributed by atoms with Crippen LogP contribution >= 0.6 is 0 Å². The van der Waals surface area contributed by atoms with Crippen LogP contribution < -0.4 is 10.6 Å². The third-order valence-electron chi connectivity index (χ3n) is 7.30. The molecule has 7 heteroatoms. The highest BCUT2D eigenvalue weighted by atomic mass is 16.5. The lowest BCUT2D eigenvalue weighted by atomic mass is 9.49.